The van der Waals surface area contributed by atoms with Crippen molar-refractivity contribution in [2.45, 2.75) is 38.0 Å². The minimum absolute atomic E-state index is 0.313. The van der Waals surface area contributed by atoms with Gasteiger partial charge < -0.3 is 9.90 Å². The fourth-order valence-corrected chi connectivity index (χ4v) is 2.56. The Morgan fingerprint density at radius 2 is 1.89 bits per heavy atom. The summed E-state index contributed by atoms with van der Waals surface area (Å²) in [5.74, 6) is -1.19. The van der Waals surface area contributed by atoms with E-state index in [1.807, 2.05) is 0 Å². The predicted octanol–water partition coefficient (Wildman–Crippen LogP) is 2.01. The Kier molecular flexibility index (Phi) is 3.60. The molecule has 1 aromatic carbocycles. The van der Waals surface area contributed by atoms with Crippen molar-refractivity contribution in [3.63, 3.8) is 0 Å². The molecule has 0 heterocycles. The van der Waals surface area contributed by atoms with Crippen LogP contribution in [0.2, 0.25) is 0 Å². The van der Waals surface area contributed by atoms with Crippen LogP contribution < -0.4 is 5.11 Å². The molecule has 0 N–H and O–H groups in total. The summed E-state index contributed by atoms with van der Waals surface area (Å²) in [4.78, 5) is 21.0. The SMILES string of the molecule is O=C([O-])c1ccc(C2CCCCC2)cc1[N+](=O)[O-]. The average Bonchev–Trinajstić information content (AvgIpc) is 2.39. The molecule has 5 heteroatoms. The van der Waals surface area contributed by atoms with Crippen LogP contribution in [0.15, 0.2) is 18.2 Å². The van der Waals surface area contributed by atoms with E-state index in [1.165, 1.54) is 18.6 Å². The lowest BCUT2D eigenvalue weighted by Gasteiger charge is -2.22. The molecule has 1 aromatic rings. The lowest BCUT2D eigenvalue weighted by molar-refractivity contribution is -0.385. The number of nitrogens with zero attached hydrogens (tertiary/aromatic N) is 1. The Bertz CT molecular complexity index is 478. The van der Waals surface area contributed by atoms with Gasteiger partial charge in [0.05, 0.1) is 16.5 Å². The fourth-order valence-electron chi connectivity index (χ4n) is 2.56. The van der Waals surface area contributed by atoms with Gasteiger partial charge in [0.25, 0.3) is 5.69 Å². The van der Waals surface area contributed by atoms with Gasteiger partial charge in [-0.15, -0.1) is 0 Å². The number of nitro benzene ring substituents is 1. The van der Waals surface area contributed by atoms with Crippen molar-refractivity contribution in [1.29, 1.82) is 0 Å². The average molecular weight is 248 g/mol. The second kappa shape index (κ2) is 5.16. The highest BCUT2D eigenvalue weighted by Gasteiger charge is 2.20. The normalized spacial score (nSPS) is 16.4. The van der Waals surface area contributed by atoms with E-state index in [1.54, 1.807) is 6.07 Å². The van der Waals surface area contributed by atoms with Crippen LogP contribution in [-0.4, -0.2) is 10.9 Å². The lowest BCUT2D eigenvalue weighted by Crippen LogP contribution is -2.23. The van der Waals surface area contributed by atoms with E-state index in [9.17, 15) is 20.0 Å². The number of rotatable bonds is 3. The van der Waals surface area contributed by atoms with Crippen LogP contribution >= 0.6 is 0 Å². The number of hydrogen-bond acceptors (Lipinski definition) is 4. The Hall–Kier alpha value is -1.91. The van der Waals surface area contributed by atoms with E-state index >= 15 is 0 Å². The second-order valence-corrected chi connectivity index (χ2v) is 4.66. The van der Waals surface area contributed by atoms with Crippen molar-refractivity contribution in [3.05, 3.63) is 39.4 Å². The highest BCUT2D eigenvalue weighted by atomic mass is 16.6. The smallest absolute Gasteiger partial charge is 0.278 e. The molecule has 96 valence electrons. The third-order valence-electron chi connectivity index (χ3n) is 3.51. The van der Waals surface area contributed by atoms with Crippen LogP contribution in [0.3, 0.4) is 0 Å². The number of aromatic carboxylic acids is 1. The monoisotopic (exact) mass is 248 g/mol. The molecule has 18 heavy (non-hydrogen) atoms. The van der Waals surface area contributed by atoms with Crippen LogP contribution in [0.25, 0.3) is 0 Å². The van der Waals surface area contributed by atoms with Crippen molar-refractivity contribution < 1.29 is 14.8 Å². The van der Waals surface area contributed by atoms with Gasteiger partial charge in [-0.3, -0.25) is 10.1 Å². The summed E-state index contributed by atoms with van der Waals surface area (Å²) in [5.41, 5.74) is 0.157. The highest BCUT2D eigenvalue weighted by molar-refractivity contribution is 5.90. The van der Waals surface area contributed by atoms with E-state index in [0.29, 0.717) is 5.92 Å². The van der Waals surface area contributed by atoms with Crippen LogP contribution in [0, 0.1) is 10.1 Å². The molecular formula is C13H14NO4-. The van der Waals surface area contributed by atoms with Gasteiger partial charge in [-0.2, -0.15) is 0 Å². The topological polar surface area (TPSA) is 83.3 Å². The first kappa shape index (κ1) is 12.5. The maximum absolute atomic E-state index is 10.9. The number of benzene rings is 1. The molecule has 1 fully saturated rings. The molecular weight excluding hydrogens is 234 g/mol. The zero-order valence-corrected chi connectivity index (χ0v) is 9.93. The van der Waals surface area contributed by atoms with Crippen molar-refractivity contribution in [2.75, 3.05) is 0 Å². The first-order valence-corrected chi connectivity index (χ1v) is 6.09. The molecule has 0 atom stereocenters. The van der Waals surface area contributed by atoms with E-state index < -0.39 is 10.9 Å². The summed E-state index contributed by atoms with van der Waals surface area (Å²) in [5, 5.41) is 21.7. The Balaban J connectivity index is 2.36. The van der Waals surface area contributed by atoms with Crippen molar-refractivity contribution >= 4 is 11.7 Å². The van der Waals surface area contributed by atoms with Gasteiger partial charge in [-0.1, -0.05) is 25.3 Å². The Labute approximate surface area is 105 Å². The van der Waals surface area contributed by atoms with Crippen LogP contribution in [0.5, 0.6) is 0 Å². The van der Waals surface area contributed by atoms with Gasteiger partial charge in [0.1, 0.15) is 0 Å². The van der Waals surface area contributed by atoms with Gasteiger partial charge >= 0.3 is 0 Å². The maximum atomic E-state index is 10.9. The number of carboxylic acid groups (broad SMARTS) is 1. The van der Waals surface area contributed by atoms with E-state index in [4.69, 9.17) is 0 Å². The van der Waals surface area contributed by atoms with Crippen molar-refractivity contribution in [2.24, 2.45) is 0 Å². The Morgan fingerprint density at radius 3 is 2.44 bits per heavy atom. The van der Waals surface area contributed by atoms with Crippen LogP contribution in [0.1, 0.15) is 53.9 Å². The first-order chi connectivity index (χ1) is 8.59. The molecule has 1 aliphatic rings. The van der Waals surface area contributed by atoms with Gasteiger partial charge in [0.15, 0.2) is 0 Å². The number of hydrogen-bond donors (Lipinski definition) is 0. The zero-order chi connectivity index (χ0) is 13.1. The third-order valence-corrected chi connectivity index (χ3v) is 3.51. The molecule has 0 spiro atoms. The maximum Gasteiger partial charge on any atom is 0.278 e. The molecule has 0 saturated heterocycles. The minimum atomic E-state index is -1.50. The summed E-state index contributed by atoms with van der Waals surface area (Å²) < 4.78 is 0. The van der Waals surface area contributed by atoms with Crippen molar-refractivity contribution in [3.8, 4) is 0 Å². The number of carbonyl (C=O) groups is 1. The number of carboxylic acids is 1. The Morgan fingerprint density at radius 1 is 1.22 bits per heavy atom. The summed E-state index contributed by atoms with van der Waals surface area (Å²) in [6, 6.07) is 4.35. The van der Waals surface area contributed by atoms with Gasteiger partial charge in [-0.05, 0) is 30.4 Å². The van der Waals surface area contributed by atoms with Gasteiger partial charge in [-0.25, -0.2) is 0 Å². The van der Waals surface area contributed by atoms with Gasteiger partial charge in [0, 0.05) is 6.07 Å². The largest absolute Gasteiger partial charge is 0.545 e. The van der Waals surface area contributed by atoms with Crippen LogP contribution in [0.4, 0.5) is 5.69 Å². The molecule has 2 rings (SSSR count). The summed E-state index contributed by atoms with van der Waals surface area (Å²) >= 11 is 0. The molecule has 5 nitrogen and oxygen atoms in total. The standard InChI is InChI=1S/C13H15NO4/c15-13(16)11-7-6-10(8-12(11)14(17)18)9-4-2-1-3-5-9/h6-9H,1-5H2,(H,15,16)/p-1. The summed E-state index contributed by atoms with van der Waals surface area (Å²) in [6.45, 7) is 0. The molecule has 0 unspecified atom stereocenters. The fraction of sp³-hybridized carbons (Fsp3) is 0.462. The molecule has 0 radical (unpaired) electrons. The number of nitro groups is 1. The van der Waals surface area contributed by atoms with E-state index in [-0.39, 0.29) is 11.3 Å². The third kappa shape index (κ3) is 2.50. The van der Waals surface area contributed by atoms with Crippen LogP contribution in [-0.2, 0) is 0 Å². The van der Waals surface area contributed by atoms with E-state index in [0.717, 1.165) is 31.2 Å². The molecule has 1 saturated carbocycles. The summed E-state index contributed by atoms with van der Waals surface area (Å²) in [6.07, 6.45) is 5.49. The lowest BCUT2D eigenvalue weighted by atomic mass is 9.83. The van der Waals surface area contributed by atoms with Gasteiger partial charge in [0.2, 0.25) is 0 Å². The predicted molar refractivity (Wildman–Crippen MR) is 63.3 cm³/mol. The molecule has 0 bridgehead atoms. The van der Waals surface area contributed by atoms with Crippen molar-refractivity contribution in [1.82, 2.24) is 0 Å². The van der Waals surface area contributed by atoms with E-state index in [2.05, 4.69) is 0 Å². The minimum Gasteiger partial charge on any atom is -0.545 e. The molecule has 0 aliphatic heterocycles. The molecule has 1 aliphatic carbocycles. The quantitative estimate of drug-likeness (QED) is 0.605. The summed E-state index contributed by atoms with van der Waals surface area (Å²) in [7, 11) is 0. The molecule has 0 amide bonds. The highest BCUT2D eigenvalue weighted by Crippen LogP contribution is 2.34. The first-order valence-electron chi connectivity index (χ1n) is 6.09. The number of carbonyl (C=O) groups excluding carboxylic acids is 1. The second-order valence-electron chi connectivity index (χ2n) is 4.66. The zero-order valence-electron chi connectivity index (χ0n) is 9.93. The molecule has 0 aromatic heterocycles.